The molecule has 2 aromatic rings. The maximum atomic E-state index is 5.44. The Morgan fingerprint density at radius 1 is 1.08 bits per heavy atom. The fourth-order valence-corrected chi connectivity index (χ4v) is 2.69. The van der Waals surface area contributed by atoms with E-state index in [4.69, 9.17) is 9.41 Å². The van der Waals surface area contributed by atoms with Crippen molar-refractivity contribution in [3.63, 3.8) is 0 Å². The van der Waals surface area contributed by atoms with Crippen molar-refractivity contribution < 1.29 is 4.42 Å². The molecule has 0 radical (unpaired) electrons. The number of rotatable bonds is 9. The first-order valence-electron chi connectivity index (χ1n) is 9.38. The second-order valence-corrected chi connectivity index (χ2v) is 6.99. The third-order valence-electron chi connectivity index (χ3n) is 3.99. The van der Waals surface area contributed by atoms with Crippen molar-refractivity contribution in [2.45, 2.75) is 40.4 Å². The number of benzene rings is 1. The largest absolute Gasteiger partial charge is 0.468 e. The predicted molar refractivity (Wildman–Crippen MR) is 108 cm³/mol. The number of hydrogen-bond donors (Lipinski definition) is 2. The number of nitrogens with zero attached hydrogens (tertiary/aromatic N) is 2. The number of furan rings is 1. The lowest BCUT2D eigenvalue weighted by atomic mass is 10.1. The van der Waals surface area contributed by atoms with Crippen molar-refractivity contribution in [1.29, 1.82) is 0 Å². The molecule has 0 amide bonds. The van der Waals surface area contributed by atoms with Gasteiger partial charge in [-0.1, -0.05) is 38.1 Å². The normalized spacial score (nSPS) is 12.0. The van der Waals surface area contributed by atoms with Gasteiger partial charge in [-0.25, -0.2) is 4.99 Å². The highest BCUT2D eigenvalue weighted by atomic mass is 16.3. The number of guanidine groups is 1. The van der Waals surface area contributed by atoms with Crippen LogP contribution < -0.4 is 10.6 Å². The van der Waals surface area contributed by atoms with Crippen LogP contribution in [0.1, 0.15) is 37.7 Å². The second kappa shape index (κ2) is 10.7. The molecule has 0 spiro atoms. The van der Waals surface area contributed by atoms with Crippen molar-refractivity contribution >= 4 is 5.96 Å². The lowest BCUT2D eigenvalue weighted by molar-refractivity contribution is 0.287. The van der Waals surface area contributed by atoms with Crippen LogP contribution in [-0.2, 0) is 19.6 Å². The molecule has 26 heavy (non-hydrogen) atoms. The van der Waals surface area contributed by atoms with Crippen molar-refractivity contribution in [3.05, 3.63) is 59.5 Å². The third kappa shape index (κ3) is 6.92. The van der Waals surface area contributed by atoms with Gasteiger partial charge in [-0.15, -0.1) is 0 Å². The van der Waals surface area contributed by atoms with Crippen LogP contribution in [-0.4, -0.2) is 31.0 Å². The van der Waals surface area contributed by atoms with Gasteiger partial charge in [0, 0.05) is 19.6 Å². The summed E-state index contributed by atoms with van der Waals surface area (Å²) in [5.74, 6) is 2.44. The van der Waals surface area contributed by atoms with E-state index < -0.39 is 0 Å². The van der Waals surface area contributed by atoms with Crippen LogP contribution >= 0.6 is 0 Å². The standard InChI is InChI=1S/C21H32N4O/c1-5-22-21(23-13-17(2)3)24-14-18-9-6-7-10-19(18)15-25(4)16-20-11-8-12-26-20/h6-12,17H,5,13-16H2,1-4H3,(H2,22,23,24). The molecule has 5 heteroatoms. The molecular weight excluding hydrogens is 324 g/mol. The summed E-state index contributed by atoms with van der Waals surface area (Å²) in [5.41, 5.74) is 2.55. The fourth-order valence-electron chi connectivity index (χ4n) is 2.69. The van der Waals surface area contributed by atoms with Gasteiger partial charge >= 0.3 is 0 Å². The van der Waals surface area contributed by atoms with E-state index in [2.05, 4.69) is 67.6 Å². The Labute approximate surface area is 157 Å². The molecule has 1 heterocycles. The van der Waals surface area contributed by atoms with Gasteiger partial charge in [0.25, 0.3) is 0 Å². The van der Waals surface area contributed by atoms with E-state index in [1.165, 1.54) is 11.1 Å². The zero-order chi connectivity index (χ0) is 18.8. The van der Waals surface area contributed by atoms with Crippen molar-refractivity contribution in [3.8, 4) is 0 Å². The molecule has 1 aromatic carbocycles. The Balaban J connectivity index is 2.01. The van der Waals surface area contributed by atoms with Crippen LogP contribution in [0, 0.1) is 5.92 Å². The van der Waals surface area contributed by atoms with Crippen LogP contribution in [0.4, 0.5) is 0 Å². The van der Waals surface area contributed by atoms with E-state index in [1.54, 1.807) is 6.26 Å². The zero-order valence-corrected chi connectivity index (χ0v) is 16.5. The summed E-state index contributed by atoms with van der Waals surface area (Å²) < 4.78 is 5.44. The lowest BCUT2D eigenvalue weighted by Crippen LogP contribution is -2.39. The van der Waals surface area contributed by atoms with Gasteiger partial charge in [0.2, 0.25) is 0 Å². The van der Waals surface area contributed by atoms with Gasteiger partial charge in [-0.3, -0.25) is 4.90 Å². The minimum absolute atomic E-state index is 0.585. The van der Waals surface area contributed by atoms with Crippen LogP contribution in [0.25, 0.3) is 0 Å². The summed E-state index contributed by atoms with van der Waals surface area (Å²) in [6, 6.07) is 12.4. The Bertz CT molecular complexity index is 664. The Morgan fingerprint density at radius 2 is 1.85 bits per heavy atom. The Morgan fingerprint density at radius 3 is 2.50 bits per heavy atom. The summed E-state index contributed by atoms with van der Waals surface area (Å²) in [5, 5.41) is 6.71. The van der Waals surface area contributed by atoms with E-state index >= 15 is 0 Å². The minimum Gasteiger partial charge on any atom is -0.468 e. The van der Waals surface area contributed by atoms with E-state index in [1.807, 2.05) is 12.1 Å². The van der Waals surface area contributed by atoms with Crippen LogP contribution in [0.3, 0.4) is 0 Å². The first-order valence-corrected chi connectivity index (χ1v) is 9.38. The molecule has 0 aliphatic heterocycles. The molecule has 142 valence electrons. The summed E-state index contributed by atoms with van der Waals surface area (Å²) >= 11 is 0. The molecule has 0 aliphatic carbocycles. The maximum Gasteiger partial charge on any atom is 0.191 e. The first-order chi connectivity index (χ1) is 12.6. The average Bonchev–Trinajstić information content (AvgIpc) is 3.11. The molecule has 0 aliphatic rings. The molecule has 5 nitrogen and oxygen atoms in total. The van der Waals surface area contributed by atoms with Gasteiger partial charge < -0.3 is 15.1 Å². The van der Waals surface area contributed by atoms with Crippen molar-refractivity contribution in [2.24, 2.45) is 10.9 Å². The zero-order valence-electron chi connectivity index (χ0n) is 16.5. The van der Waals surface area contributed by atoms with Crippen LogP contribution in [0.15, 0.2) is 52.1 Å². The van der Waals surface area contributed by atoms with Gasteiger partial charge in [-0.05, 0) is 43.1 Å². The molecule has 1 aromatic heterocycles. The highest BCUT2D eigenvalue weighted by molar-refractivity contribution is 5.79. The summed E-state index contributed by atoms with van der Waals surface area (Å²) in [6.07, 6.45) is 1.72. The molecule has 0 saturated carbocycles. The van der Waals surface area contributed by atoms with Crippen molar-refractivity contribution in [2.75, 3.05) is 20.1 Å². The molecule has 0 unspecified atom stereocenters. The monoisotopic (exact) mass is 356 g/mol. The predicted octanol–water partition coefficient (Wildman–Crippen LogP) is 3.62. The molecule has 0 bridgehead atoms. The summed E-state index contributed by atoms with van der Waals surface area (Å²) in [7, 11) is 2.11. The minimum atomic E-state index is 0.585. The second-order valence-electron chi connectivity index (χ2n) is 6.99. The van der Waals surface area contributed by atoms with E-state index in [0.29, 0.717) is 12.5 Å². The number of hydrogen-bond acceptors (Lipinski definition) is 3. The quantitative estimate of drug-likeness (QED) is 0.532. The topological polar surface area (TPSA) is 52.8 Å². The lowest BCUT2D eigenvalue weighted by Gasteiger charge is -2.18. The van der Waals surface area contributed by atoms with Gasteiger partial charge in [-0.2, -0.15) is 0 Å². The highest BCUT2D eigenvalue weighted by Crippen LogP contribution is 2.14. The molecular formula is C21H32N4O. The molecule has 2 rings (SSSR count). The van der Waals surface area contributed by atoms with E-state index in [-0.39, 0.29) is 0 Å². The van der Waals surface area contributed by atoms with E-state index in [9.17, 15) is 0 Å². The fraction of sp³-hybridized carbons (Fsp3) is 0.476. The maximum absolute atomic E-state index is 5.44. The van der Waals surface area contributed by atoms with Crippen molar-refractivity contribution in [1.82, 2.24) is 15.5 Å². The summed E-state index contributed by atoms with van der Waals surface area (Å²) in [4.78, 5) is 7.01. The van der Waals surface area contributed by atoms with Crippen LogP contribution in [0.5, 0.6) is 0 Å². The molecule has 2 N–H and O–H groups in total. The molecule has 0 atom stereocenters. The highest BCUT2D eigenvalue weighted by Gasteiger charge is 2.08. The van der Waals surface area contributed by atoms with Gasteiger partial charge in [0.15, 0.2) is 5.96 Å². The SMILES string of the molecule is CCNC(=NCc1ccccc1CN(C)Cc1ccco1)NCC(C)C. The van der Waals surface area contributed by atoms with Crippen LogP contribution in [0.2, 0.25) is 0 Å². The van der Waals surface area contributed by atoms with Gasteiger partial charge in [0.1, 0.15) is 5.76 Å². The Kier molecular flexibility index (Phi) is 8.22. The summed E-state index contributed by atoms with van der Waals surface area (Å²) in [6.45, 7) is 10.6. The number of nitrogens with one attached hydrogen (secondary N) is 2. The number of aliphatic imine (C=N–C) groups is 1. The van der Waals surface area contributed by atoms with Gasteiger partial charge in [0.05, 0.1) is 19.4 Å². The van der Waals surface area contributed by atoms with E-state index in [0.717, 1.165) is 37.9 Å². The third-order valence-corrected chi connectivity index (χ3v) is 3.99. The molecule has 0 fully saturated rings. The average molecular weight is 357 g/mol. The Hall–Kier alpha value is -2.27. The first kappa shape index (κ1) is 20.0. The molecule has 0 saturated heterocycles. The smallest absolute Gasteiger partial charge is 0.191 e.